The van der Waals surface area contributed by atoms with Crippen molar-refractivity contribution in [2.24, 2.45) is 5.92 Å². The van der Waals surface area contributed by atoms with E-state index in [1.807, 2.05) is 12.1 Å². The van der Waals surface area contributed by atoms with Crippen LogP contribution in [0.4, 0.5) is 0 Å². The Labute approximate surface area is 153 Å². The molecule has 2 aliphatic rings. The van der Waals surface area contributed by atoms with Crippen molar-refractivity contribution in [3.63, 3.8) is 0 Å². The topological polar surface area (TPSA) is 67.6 Å². The molecule has 1 aliphatic heterocycles. The quantitative estimate of drug-likeness (QED) is 0.863. The van der Waals surface area contributed by atoms with E-state index < -0.39 is 0 Å². The third-order valence-electron chi connectivity index (χ3n) is 5.29. The number of aromatic nitrogens is 1. The molecule has 1 amide bonds. The molecule has 2 aromatic rings. The highest BCUT2D eigenvalue weighted by Gasteiger charge is 2.33. The highest BCUT2D eigenvalue weighted by molar-refractivity contribution is 5.92. The summed E-state index contributed by atoms with van der Waals surface area (Å²) in [6, 6.07) is 10.0. The third kappa shape index (κ3) is 3.75. The van der Waals surface area contributed by atoms with E-state index in [0.717, 1.165) is 44.0 Å². The molecule has 1 N–H and O–H groups in total. The number of ether oxygens (including phenoxy) is 1. The molecular formula is C20H25N3O3. The van der Waals surface area contributed by atoms with E-state index in [1.165, 1.54) is 5.56 Å². The fourth-order valence-electron chi connectivity index (χ4n) is 3.61. The van der Waals surface area contributed by atoms with Crippen LogP contribution in [0.2, 0.25) is 0 Å². The molecule has 2 fully saturated rings. The van der Waals surface area contributed by atoms with E-state index in [4.69, 9.17) is 9.26 Å². The number of carbonyl (C=O) groups excluding carboxylic acids is 1. The van der Waals surface area contributed by atoms with Gasteiger partial charge < -0.3 is 14.6 Å². The molecular weight excluding hydrogens is 330 g/mol. The summed E-state index contributed by atoms with van der Waals surface area (Å²) in [5.41, 5.74) is 1.61. The molecule has 0 bridgehead atoms. The first-order chi connectivity index (χ1) is 12.6. The SMILES string of the molecule is COc1cccc(CN2C[C@H](C)[C@H](NC(=O)c3cc(C4CC4)on3)C2)c1. The Morgan fingerprint density at radius 2 is 2.19 bits per heavy atom. The second kappa shape index (κ2) is 7.11. The Morgan fingerprint density at radius 3 is 2.96 bits per heavy atom. The van der Waals surface area contributed by atoms with E-state index in [0.29, 0.717) is 17.5 Å². The van der Waals surface area contributed by atoms with Crippen molar-refractivity contribution in [2.75, 3.05) is 20.2 Å². The number of nitrogens with one attached hydrogen (secondary N) is 1. The number of rotatable bonds is 6. The summed E-state index contributed by atoms with van der Waals surface area (Å²) in [5.74, 6) is 2.43. The Hall–Kier alpha value is -2.34. The predicted molar refractivity (Wildman–Crippen MR) is 97.2 cm³/mol. The van der Waals surface area contributed by atoms with E-state index in [1.54, 1.807) is 13.2 Å². The maximum atomic E-state index is 12.5. The monoisotopic (exact) mass is 355 g/mol. The normalized spacial score (nSPS) is 23.2. The van der Waals surface area contributed by atoms with Crippen molar-refractivity contribution in [3.05, 3.63) is 47.3 Å². The molecule has 6 nitrogen and oxygen atoms in total. The lowest BCUT2D eigenvalue weighted by molar-refractivity contribution is 0.0922. The first kappa shape index (κ1) is 17.1. The van der Waals surface area contributed by atoms with Gasteiger partial charge >= 0.3 is 0 Å². The Balaban J connectivity index is 1.34. The molecule has 1 saturated heterocycles. The van der Waals surface area contributed by atoms with Gasteiger partial charge in [0, 0.05) is 37.7 Å². The molecule has 2 atom stereocenters. The van der Waals surface area contributed by atoms with Crippen molar-refractivity contribution in [3.8, 4) is 5.75 Å². The summed E-state index contributed by atoms with van der Waals surface area (Å²) >= 11 is 0. The molecule has 1 aliphatic carbocycles. The minimum Gasteiger partial charge on any atom is -0.497 e. The number of methoxy groups -OCH3 is 1. The molecule has 1 aromatic heterocycles. The molecule has 1 saturated carbocycles. The first-order valence-electron chi connectivity index (χ1n) is 9.25. The summed E-state index contributed by atoms with van der Waals surface area (Å²) in [4.78, 5) is 14.8. The maximum absolute atomic E-state index is 12.5. The first-order valence-corrected chi connectivity index (χ1v) is 9.25. The van der Waals surface area contributed by atoms with Crippen molar-refractivity contribution in [1.29, 1.82) is 0 Å². The van der Waals surface area contributed by atoms with Crippen LogP contribution in [0.25, 0.3) is 0 Å². The molecule has 0 radical (unpaired) electrons. The van der Waals surface area contributed by atoms with Crippen molar-refractivity contribution in [1.82, 2.24) is 15.4 Å². The van der Waals surface area contributed by atoms with Crippen LogP contribution in [0.15, 0.2) is 34.9 Å². The van der Waals surface area contributed by atoms with Crippen molar-refractivity contribution in [2.45, 2.75) is 38.3 Å². The summed E-state index contributed by atoms with van der Waals surface area (Å²) in [6.07, 6.45) is 2.27. The van der Waals surface area contributed by atoms with Crippen LogP contribution in [0.1, 0.15) is 47.5 Å². The zero-order chi connectivity index (χ0) is 18.1. The number of amides is 1. The lowest BCUT2D eigenvalue weighted by Crippen LogP contribution is -2.39. The smallest absolute Gasteiger partial charge is 0.273 e. The molecule has 2 heterocycles. The van der Waals surface area contributed by atoms with Crippen LogP contribution in [0.5, 0.6) is 5.75 Å². The van der Waals surface area contributed by atoms with Gasteiger partial charge in [-0.1, -0.05) is 24.2 Å². The van der Waals surface area contributed by atoms with Gasteiger partial charge in [0.1, 0.15) is 11.5 Å². The van der Waals surface area contributed by atoms with Gasteiger partial charge in [-0.05, 0) is 36.5 Å². The standard InChI is InChI=1S/C20H25N3O3/c1-13-10-23(11-14-4-3-5-16(8-14)25-2)12-18(13)21-20(24)17-9-19(26-22-17)15-6-7-15/h3-5,8-9,13,15,18H,6-7,10-12H2,1-2H3,(H,21,24)/t13-,18+/m0/s1. The van der Waals surface area contributed by atoms with Crippen LogP contribution in [0, 0.1) is 5.92 Å². The number of hydrogen-bond acceptors (Lipinski definition) is 5. The average molecular weight is 355 g/mol. The van der Waals surface area contributed by atoms with E-state index in [9.17, 15) is 4.79 Å². The lowest BCUT2D eigenvalue weighted by Gasteiger charge is -2.17. The van der Waals surface area contributed by atoms with Crippen LogP contribution >= 0.6 is 0 Å². The zero-order valence-electron chi connectivity index (χ0n) is 15.3. The van der Waals surface area contributed by atoms with Crippen LogP contribution in [-0.4, -0.2) is 42.2 Å². The summed E-state index contributed by atoms with van der Waals surface area (Å²) in [7, 11) is 1.68. The molecule has 4 rings (SSSR count). The zero-order valence-corrected chi connectivity index (χ0v) is 15.3. The fraction of sp³-hybridized carbons (Fsp3) is 0.500. The van der Waals surface area contributed by atoms with Crippen LogP contribution in [-0.2, 0) is 6.54 Å². The van der Waals surface area contributed by atoms with Gasteiger partial charge in [-0.15, -0.1) is 0 Å². The summed E-state index contributed by atoms with van der Waals surface area (Å²) < 4.78 is 10.6. The maximum Gasteiger partial charge on any atom is 0.273 e. The summed E-state index contributed by atoms with van der Waals surface area (Å²) in [6.45, 7) is 4.81. The number of nitrogens with zero attached hydrogens (tertiary/aromatic N) is 2. The molecule has 0 spiro atoms. The van der Waals surface area contributed by atoms with Gasteiger partial charge in [-0.25, -0.2) is 0 Å². The van der Waals surface area contributed by atoms with Crippen molar-refractivity contribution < 1.29 is 14.1 Å². The van der Waals surface area contributed by atoms with Gasteiger partial charge in [0.05, 0.1) is 7.11 Å². The fourth-order valence-corrected chi connectivity index (χ4v) is 3.61. The van der Waals surface area contributed by atoms with Crippen LogP contribution < -0.4 is 10.1 Å². The molecule has 26 heavy (non-hydrogen) atoms. The van der Waals surface area contributed by atoms with Crippen molar-refractivity contribution >= 4 is 5.91 Å². The average Bonchev–Trinajstić information content (AvgIpc) is 3.27. The Morgan fingerprint density at radius 1 is 1.35 bits per heavy atom. The second-order valence-electron chi connectivity index (χ2n) is 7.49. The Bertz CT molecular complexity index is 784. The molecule has 0 unspecified atom stereocenters. The highest BCUT2D eigenvalue weighted by Crippen LogP contribution is 2.40. The van der Waals surface area contributed by atoms with Gasteiger partial charge in [-0.3, -0.25) is 9.69 Å². The Kier molecular flexibility index (Phi) is 4.68. The number of carbonyl (C=O) groups is 1. The van der Waals surface area contributed by atoms with E-state index in [-0.39, 0.29) is 11.9 Å². The largest absolute Gasteiger partial charge is 0.497 e. The molecule has 138 valence electrons. The number of hydrogen-bond donors (Lipinski definition) is 1. The van der Waals surface area contributed by atoms with Gasteiger partial charge in [0.2, 0.25) is 0 Å². The predicted octanol–water partition coefficient (Wildman–Crippen LogP) is 2.81. The lowest BCUT2D eigenvalue weighted by atomic mass is 10.1. The molecule has 6 heteroatoms. The number of benzene rings is 1. The molecule has 1 aromatic carbocycles. The highest BCUT2D eigenvalue weighted by atomic mass is 16.5. The second-order valence-corrected chi connectivity index (χ2v) is 7.49. The van der Waals surface area contributed by atoms with E-state index >= 15 is 0 Å². The van der Waals surface area contributed by atoms with Crippen LogP contribution in [0.3, 0.4) is 0 Å². The third-order valence-corrected chi connectivity index (χ3v) is 5.29. The van der Waals surface area contributed by atoms with Gasteiger partial charge in [0.25, 0.3) is 5.91 Å². The van der Waals surface area contributed by atoms with Gasteiger partial charge in [0.15, 0.2) is 5.69 Å². The number of likely N-dealkylation sites (tertiary alicyclic amines) is 1. The van der Waals surface area contributed by atoms with Gasteiger partial charge in [-0.2, -0.15) is 0 Å². The summed E-state index contributed by atoms with van der Waals surface area (Å²) in [5, 5.41) is 7.06. The van der Waals surface area contributed by atoms with E-state index in [2.05, 4.69) is 34.4 Å². The minimum atomic E-state index is -0.138. The minimum absolute atomic E-state index is 0.120.